The molecule has 0 radical (unpaired) electrons. The quantitative estimate of drug-likeness (QED) is 0.622. The Hall–Kier alpha value is 0.194. The van der Waals surface area contributed by atoms with Gasteiger partial charge < -0.3 is 0 Å². The Morgan fingerprint density at radius 3 is 2.50 bits per heavy atom. The molecule has 0 amide bonds. The Morgan fingerprint density at radius 1 is 1.19 bits per heavy atom. The molecular weight excluding hydrogens is 228 g/mol. The maximum absolute atomic E-state index is 2.44. The summed E-state index contributed by atoms with van der Waals surface area (Å²) in [5.41, 5.74) is 7.15. The van der Waals surface area contributed by atoms with Crippen LogP contribution in [0.3, 0.4) is 0 Å². The van der Waals surface area contributed by atoms with Crippen LogP contribution in [0.2, 0.25) is 4.22 Å². The molecular formula is C15H23Ti. The molecule has 0 nitrogen and oxygen atoms in total. The van der Waals surface area contributed by atoms with Crippen LogP contribution in [0.5, 0.6) is 0 Å². The van der Waals surface area contributed by atoms with E-state index in [1.165, 1.54) is 38.5 Å². The third-order valence-electron chi connectivity index (χ3n) is 4.33. The minimum atomic E-state index is 0.817. The van der Waals surface area contributed by atoms with Gasteiger partial charge in [-0.25, -0.2) is 0 Å². The maximum atomic E-state index is 2.44. The van der Waals surface area contributed by atoms with Crippen LogP contribution in [-0.2, 0) is 20.4 Å². The summed E-state index contributed by atoms with van der Waals surface area (Å²) in [6, 6.07) is 0. The van der Waals surface area contributed by atoms with Crippen molar-refractivity contribution in [3.05, 3.63) is 22.3 Å². The second kappa shape index (κ2) is 5.23. The van der Waals surface area contributed by atoms with Gasteiger partial charge in [-0.2, -0.15) is 0 Å². The van der Waals surface area contributed by atoms with E-state index in [0.717, 1.165) is 10.1 Å². The third-order valence-corrected chi connectivity index (χ3v) is 5.23. The van der Waals surface area contributed by atoms with Gasteiger partial charge in [0.2, 0.25) is 0 Å². The molecule has 0 aromatic rings. The fourth-order valence-electron chi connectivity index (χ4n) is 3.73. The van der Waals surface area contributed by atoms with Crippen LogP contribution in [-0.4, -0.2) is 0 Å². The Bertz CT molecular complexity index is 335. The topological polar surface area (TPSA) is 0 Å². The van der Waals surface area contributed by atoms with Crippen molar-refractivity contribution in [1.82, 2.24) is 0 Å². The zero-order chi connectivity index (χ0) is 11.7. The van der Waals surface area contributed by atoms with E-state index in [1.807, 2.05) is 5.57 Å². The summed E-state index contributed by atoms with van der Waals surface area (Å²) in [6.07, 6.45) is 8.05. The van der Waals surface area contributed by atoms with Crippen molar-refractivity contribution in [2.75, 3.05) is 0 Å². The van der Waals surface area contributed by atoms with Crippen LogP contribution in [0.4, 0.5) is 0 Å². The average molecular weight is 251 g/mol. The van der Waals surface area contributed by atoms with E-state index in [2.05, 4.69) is 41.2 Å². The van der Waals surface area contributed by atoms with Crippen molar-refractivity contribution in [1.29, 1.82) is 0 Å². The molecule has 0 aromatic carbocycles. The summed E-state index contributed by atoms with van der Waals surface area (Å²) in [5.74, 6) is 0.817. The van der Waals surface area contributed by atoms with Crippen LogP contribution in [0.1, 0.15) is 59.3 Å². The van der Waals surface area contributed by atoms with Gasteiger partial charge in [0.15, 0.2) is 0 Å². The van der Waals surface area contributed by atoms with Gasteiger partial charge in [0, 0.05) is 0 Å². The summed E-state index contributed by atoms with van der Waals surface area (Å²) in [6.45, 7) is 7.05. The van der Waals surface area contributed by atoms with E-state index >= 15 is 0 Å². The van der Waals surface area contributed by atoms with E-state index in [-0.39, 0.29) is 0 Å². The standard InChI is InChI=1S/C15H23.Ti/c1-4-11-12(5-2)14-9-7-8-10-15(14)13(11)6-3;/h9,13H,4-8,10H2,1-3H3;. The predicted molar refractivity (Wildman–Crippen MR) is 66.0 cm³/mol. The fourth-order valence-corrected chi connectivity index (χ4v) is 4.61. The zero-order valence-corrected chi connectivity index (χ0v) is 12.5. The summed E-state index contributed by atoms with van der Waals surface area (Å²) in [7, 11) is 0. The van der Waals surface area contributed by atoms with Crippen molar-refractivity contribution >= 4 is 0 Å². The molecule has 2 atom stereocenters. The molecule has 2 unspecified atom stereocenters. The second-order valence-electron chi connectivity index (χ2n) is 5.06. The van der Waals surface area contributed by atoms with Gasteiger partial charge in [-0.3, -0.25) is 0 Å². The zero-order valence-electron chi connectivity index (χ0n) is 10.9. The normalized spacial score (nSPS) is 29.9. The van der Waals surface area contributed by atoms with Gasteiger partial charge >= 0.3 is 112 Å². The summed E-state index contributed by atoms with van der Waals surface area (Å²) in [4.78, 5) is 0. The Kier molecular flexibility index (Phi) is 4.13. The predicted octanol–water partition coefficient (Wildman–Crippen LogP) is 4.96. The molecule has 0 saturated carbocycles. The Morgan fingerprint density at radius 2 is 1.94 bits per heavy atom. The van der Waals surface area contributed by atoms with Crippen molar-refractivity contribution in [2.45, 2.75) is 63.5 Å². The van der Waals surface area contributed by atoms with E-state index < -0.39 is 0 Å². The van der Waals surface area contributed by atoms with Gasteiger partial charge in [0.1, 0.15) is 0 Å². The van der Waals surface area contributed by atoms with Crippen LogP contribution in [0.25, 0.3) is 0 Å². The number of rotatable bonds is 3. The molecule has 16 heavy (non-hydrogen) atoms. The number of allylic oxidation sites excluding steroid dienone is 4. The molecule has 0 heterocycles. The third kappa shape index (κ3) is 1.89. The second-order valence-corrected chi connectivity index (χ2v) is 6.14. The first-order chi connectivity index (χ1) is 7.74. The molecule has 2 aliphatic rings. The molecule has 0 aromatic heterocycles. The first kappa shape index (κ1) is 12.6. The van der Waals surface area contributed by atoms with Gasteiger partial charge in [-0.15, -0.1) is 0 Å². The monoisotopic (exact) mass is 251 g/mol. The van der Waals surface area contributed by atoms with Crippen molar-refractivity contribution < 1.29 is 20.4 Å². The SMILES string of the molecule is CCC1=C(CC)C(CC)C2=C1[CH]([Ti])CCC2. The first-order valence-electron chi connectivity index (χ1n) is 6.90. The van der Waals surface area contributed by atoms with Crippen molar-refractivity contribution in [2.24, 2.45) is 5.92 Å². The van der Waals surface area contributed by atoms with Gasteiger partial charge in [-0.05, 0) is 0 Å². The van der Waals surface area contributed by atoms with E-state index in [0.29, 0.717) is 0 Å². The van der Waals surface area contributed by atoms with Gasteiger partial charge in [0.05, 0.1) is 0 Å². The molecule has 87 valence electrons. The van der Waals surface area contributed by atoms with Gasteiger partial charge in [-0.1, -0.05) is 0 Å². The number of hydrogen-bond acceptors (Lipinski definition) is 0. The summed E-state index contributed by atoms with van der Waals surface area (Å²) >= 11 is 2.44. The average Bonchev–Trinajstić information content (AvgIpc) is 2.62. The van der Waals surface area contributed by atoms with Crippen LogP contribution in [0.15, 0.2) is 22.3 Å². The molecule has 1 heteroatoms. The summed E-state index contributed by atoms with van der Waals surface area (Å²) in [5, 5.41) is 0. The molecule has 2 rings (SSSR count). The Balaban J connectivity index is 2.45. The van der Waals surface area contributed by atoms with Crippen molar-refractivity contribution in [3.8, 4) is 0 Å². The van der Waals surface area contributed by atoms with Crippen molar-refractivity contribution in [3.63, 3.8) is 0 Å². The molecule has 0 spiro atoms. The van der Waals surface area contributed by atoms with Crippen LogP contribution in [0, 0.1) is 5.92 Å². The molecule has 0 bridgehead atoms. The molecule has 0 saturated heterocycles. The van der Waals surface area contributed by atoms with Crippen LogP contribution >= 0.6 is 0 Å². The van der Waals surface area contributed by atoms with E-state index in [9.17, 15) is 0 Å². The Labute approximate surface area is 112 Å². The van der Waals surface area contributed by atoms with E-state index in [1.54, 1.807) is 16.7 Å². The van der Waals surface area contributed by atoms with Gasteiger partial charge in [0.25, 0.3) is 0 Å². The molecule has 0 N–H and O–H groups in total. The van der Waals surface area contributed by atoms with Crippen LogP contribution < -0.4 is 0 Å². The number of hydrogen-bond donors (Lipinski definition) is 0. The fraction of sp³-hybridized carbons (Fsp3) is 0.733. The summed E-state index contributed by atoms with van der Waals surface area (Å²) < 4.78 is 0.830. The minimum absolute atomic E-state index is 0.817. The molecule has 0 fully saturated rings. The first-order valence-corrected chi connectivity index (χ1v) is 7.80. The molecule has 2 aliphatic carbocycles. The van der Waals surface area contributed by atoms with E-state index in [4.69, 9.17) is 0 Å². The molecule has 0 aliphatic heterocycles.